The Morgan fingerprint density at radius 1 is 1.15 bits per heavy atom. The number of rotatable bonds is 4. The molecule has 0 saturated heterocycles. The van der Waals surface area contributed by atoms with Crippen molar-refractivity contribution in [3.05, 3.63) is 54.6 Å². The van der Waals surface area contributed by atoms with Crippen LogP contribution in [-0.4, -0.2) is 6.54 Å². The van der Waals surface area contributed by atoms with Gasteiger partial charge in [-0.3, -0.25) is 0 Å². The molecule has 1 nitrogen and oxygen atoms in total. The summed E-state index contributed by atoms with van der Waals surface area (Å²) in [4.78, 5) is 0. The van der Waals surface area contributed by atoms with Crippen LogP contribution in [0.1, 0.15) is 6.92 Å². The fourth-order valence-electron chi connectivity index (χ4n) is 0.991. The molecule has 68 valence electrons. The van der Waals surface area contributed by atoms with Gasteiger partial charge in [0.25, 0.3) is 0 Å². The van der Waals surface area contributed by atoms with Crippen molar-refractivity contribution in [1.29, 1.82) is 0 Å². The molecule has 0 spiro atoms. The summed E-state index contributed by atoms with van der Waals surface area (Å²) >= 11 is 0. The second kappa shape index (κ2) is 6.06. The van der Waals surface area contributed by atoms with Gasteiger partial charge in [0.15, 0.2) is 0 Å². The molecule has 13 heavy (non-hydrogen) atoms. The molecule has 0 aliphatic heterocycles. The lowest BCUT2D eigenvalue weighted by Gasteiger charge is -2.00. The highest BCUT2D eigenvalue weighted by Gasteiger charge is 1.83. The molecule has 0 aromatic heterocycles. The third-order valence-corrected chi connectivity index (χ3v) is 1.64. The van der Waals surface area contributed by atoms with Gasteiger partial charge >= 0.3 is 0 Å². The van der Waals surface area contributed by atoms with Gasteiger partial charge in [0.2, 0.25) is 0 Å². The second-order valence-corrected chi connectivity index (χ2v) is 2.70. The van der Waals surface area contributed by atoms with Crippen molar-refractivity contribution in [2.24, 2.45) is 0 Å². The van der Waals surface area contributed by atoms with E-state index in [4.69, 9.17) is 0 Å². The Morgan fingerprint density at radius 2 is 1.92 bits per heavy atom. The Bertz CT molecular complexity index is 272. The van der Waals surface area contributed by atoms with Gasteiger partial charge in [-0.2, -0.15) is 0 Å². The number of allylic oxidation sites excluding steroid dienone is 3. The van der Waals surface area contributed by atoms with Crippen LogP contribution in [0.25, 0.3) is 0 Å². The van der Waals surface area contributed by atoms with Crippen molar-refractivity contribution in [2.45, 2.75) is 6.92 Å². The van der Waals surface area contributed by atoms with Crippen LogP contribution < -0.4 is 5.32 Å². The molecule has 0 unspecified atom stereocenters. The summed E-state index contributed by atoms with van der Waals surface area (Å²) in [5.41, 5.74) is 1.16. The molecule has 1 aromatic rings. The highest BCUT2D eigenvalue weighted by Crippen LogP contribution is 2.03. The lowest BCUT2D eigenvalue weighted by atomic mass is 10.3. The maximum atomic E-state index is 3.28. The van der Waals surface area contributed by atoms with Crippen LogP contribution in [0.15, 0.2) is 54.6 Å². The van der Waals surface area contributed by atoms with Crippen LogP contribution in [0, 0.1) is 0 Å². The SMILES string of the molecule is C/C=C/C=C/CNc1ccccc1. The maximum absolute atomic E-state index is 3.28. The standard InChI is InChI=1S/C12H15N/c1-2-3-4-8-11-13-12-9-6-5-7-10-12/h2-10,13H,11H2,1H3/b3-2+,8-4+. The lowest BCUT2D eigenvalue weighted by molar-refractivity contribution is 1.33. The topological polar surface area (TPSA) is 12.0 Å². The predicted molar refractivity (Wildman–Crippen MR) is 58.9 cm³/mol. The van der Waals surface area contributed by atoms with Crippen molar-refractivity contribution < 1.29 is 0 Å². The zero-order valence-corrected chi connectivity index (χ0v) is 7.90. The molecule has 0 aliphatic rings. The Morgan fingerprint density at radius 3 is 2.62 bits per heavy atom. The van der Waals surface area contributed by atoms with E-state index in [2.05, 4.69) is 23.5 Å². The first kappa shape index (κ1) is 9.59. The Balaban J connectivity index is 2.28. The molecule has 0 saturated carbocycles. The molecule has 0 aliphatic carbocycles. The number of para-hydroxylation sites is 1. The largest absolute Gasteiger partial charge is 0.382 e. The molecule has 0 fully saturated rings. The van der Waals surface area contributed by atoms with Crippen molar-refractivity contribution in [2.75, 3.05) is 11.9 Å². The zero-order valence-electron chi connectivity index (χ0n) is 7.90. The number of anilines is 1. The summed E-state index contributed by atoms with van der Waals surface area (Å²) in [5.74, 6) is 0. The first-order valence-corrected chi connectivity index (χ1v) is 4.50. The minimum atomic E-state index is 0.869. The molecule has 0 atom stereocenters. The molecule has 1 rings (SSSR count). The van der Waals surface area contributed by atoms with Crippen molar-refractivity contribution in [3.8, 4) is 0 Å². The molecular weight excluding hydrogens is 158 g/mol. The van der Waals surface area contributed by atoms with E-state index in [0.29, 0.717) is 0 Å². The van der Waals surface area contributed by atoms with Gasteiger partial charge in [-0.15, -0.1) is 0 Å². The van der Waals surface area contributed by atoms with E-state index in [-0.39, 0.29) is 0 Å². The minimum Gasteiger partial charge on any atom is -0.382 e. The molecule has 1 N–H and O–H groups in total. The summed E-state index contributed by atoms with van der Waals surface area (Å²) in [7, 11) is 0. The monoisotopic (exact) mass is 173 g/mol. The summed E-state index contributed by atoms with van der Waals surface area (Å²) in [5, 5.41) is 3.28. The van der Waals surface area contributed by atoms with Gasteiger partial charge in [-0.1, -0.05) is 42.5 Å². The number of nitrogens with one attached hydrogen (secondary N) is 1. The van der Waals surface area contributed by atoms with E-state index in [1.165, 1.54) is 0 Å². The fraction of sp³-hybridized carbons (Fsp3) is 0.167. The normalized spacial score (nSPS) is 11.2. The van der Waals surface area contributed by atoms with Gasteiger partial charge < -0.3 is 5.32 Å². The van der Waals surface area contributed by atoms with E-state index >= 15 is 0 Å². The highest BCUT2D eigenvalue weighted by atomic mass is 14.8. The van der Waals surface area contributed by atoms with E-state index in [0.717, 1.165) is 12.2 Å². The summed E-state index contributed by atoms with van der Waals surface area (Å²) in [6.45, 7) is 2.88. The molecule has 0 heterocycles. The molecule has 1 aromatic carbocycles. The van der Waals surface area contributed by atoms with Gasteiger partial charge in [-0.05, 0) is 19.1 Å². The van der Waals surface area contributed by atoms with E-state index in [1.807, 2.05) is 43.4 Å². The van der Waals surface area contributed by atoms with Gasteiger partial charge in [0.1, 0.15) is 0 Å². The Hall–Kier alpha value is -1.50. The van der Waals surface area contributed by atoms with Crippen molar-refractivity contribution in [1.82, 2.24) is 0 Å². The second-order valence-electron chi connectivity index (χ2n) is 2.70. The number of hydrogen-bond acceptors (Lipinski definition) is 1. The van der Waals surface area contributed by atoms with Crippen molar-refractivity contribution in [3.63, 3.8) is 0 Å². The lowest BCUT2D eigenvalue weighted by Crippen LogP contribution is -1.96. The van der Waals surface area contributed by atoms with Crippen LogP contribution in [0.2, 0.25) is 0 Å². The molecule has 0 radical (unpaired) electrons. The van der Waals surface area contributed by atoms with Crippen LogP contribution >= 0.6 is 0 Å². The van der Waals surface area contributed by atoms with Crippen LogP contribution in [0.4, 0.5) is 5.69 Å². The Kier molecular flexibility index (Phi) is 4.47. The fourth-order valence-corrected chi connectivity index (χ4v) is 0.991. The third kappa shape index (κ3) is 4.16. The van der Waals surface area contributed by atoms with Gasteiger partial charge in [0, 0.05) is 12.2 Å². The number of hydrogen-bond donors (Lipinski definition) is 1. The molecular formula is C12H15N. The highest BCUT2D eigenvalue weighted by molar-refractivity contribution is 5.42. The van der Waals surface area contributed by atoms with Gasteiger partial charge in [0.05, 0.1) is 0 Å². The van der Waals surface area contributed by atoms with Crippen LogP contribution in [0.3, 0.4) is 0 Å². The van der Waals surface area contributed by atoms with Gasteiger partial charge in [-0.25, -0.2) is 0 Å². The van der Waals surface area contributed by atoms with Crippen molar-refractivity contribution >= 4 is 5.69 Å². The molecule has 0 amide bonds. The van der Waals surface area contributed by atoms with Crippen LogP contribution in [0.5, 0.6) is 0 Å². The van der Waals surface area contributed by atoms with Crippen LogP contribution in [-0.2, 0) is 0 Å². The summed E-state index contributed by atoms with van der Waals surface area (Å²) in [6, 6.07) is 10.2. The summed E-state index contributed by atoms with van der Waals surface area (Å²) in [6.07, 6.45) is 8.16. The zero-order chi connectivity index (χ0) is 9.36. The molecule has 0 bridgehead atoms. The average molecular weight is 173 g/mol. The van der Waals surface area contributed by atoms with E-state index in [1.54, 1.807) is 0 Å². The summed E-state index contributed by atoms with van der Waals surface area (Å²) < 4.78 is 0. The maximum Gasteiger partial charge on any atom is 0.0342 e. The first-order valence-electron chi connectivity index (χ1n) is 4.50. The number of benzene rings is 1. The smallest absolute Gasteiger partial charge is 0.0342 e. The van der Waals surface area contributed by atoms with E-state index in [9.17, 15) is 0 Å². The Labute approximate surface area is 79.8 Å². The predicted octanol–water partition coefficient (Wildman–Crippen LogP) is 3.23. The average Bonchev–Trinajstić information content (AvgIpc) is 2.19. The third-order valence-electron chi connectivity index (χ3n) is 1.64. The quantitative estimate of drug-likeness (QED) is 0.689. The molecule has 1 heteroatoms. The first-order chi connectivity index (χ1) is 6.43. The minimum absolute atomic E-state index is 0.869. The van der Waals surface area contributed by atoms with E-state index < -0.39 is 0 Å².